The molecule has 0 fully saturated rings. The van der Waals surface area contributed by atoms with Crippen molar-refractivity contribution in [2.24, 2.45) is 0 Å². The van der Waals surface area contributed by atoms with Crippen molar-refractivity contribution in [1.29, 1.82) is 0 Å². The summed E-state index contributed by atoms with van der Waals surface area (Å²) in [6, 6.07) is 9.68. The zero-order valence-corrected chi connectivity index (χ0v) is 15.6. The van der Waals surface area contributed by atoms with Gasteiger partial charge in [-0.05, 0) is 38.2 Å². The first-order valence-corrected chi connectivity index (χ1v) is 9.79. The average molecular weight is 359 g/mol. The third kappa shape index (κ3) is 6.54. The maximum Gasteiger partial charge on any atom is 0.326 e. The molecule has 134 valence electrons. The predicted octanol–water partition coefficient (Wildman–Crippen LogP) is 4.87. The highest BCUT2D eigenvalue weighted by Gasteiger charge is 2.33. The highest BCUT2D eigenvalue weighted by Crippen LogP contribution is 2.32. The molecule has 0 unspecified atom stereocenters. The Balaban J connectivity index is 2.10. The van der Waals surface area contributed by atoms with Gasteiger partial charge in [0.2, 0.25) is 0 Å². The number of ether oxygens (including phenoxy) is 1. The lowest BCUT2D eigenvalue weighted by Crippen LogP contribution is -2.32. The summed E-state index contributed by atoms with van der Waals surface area (Å²) in [5.41, 5.74) is 2.15. The van der Waals surface area contributed by atoms with Crippen LogP contribution >= 0.6 is 11.8 Å². The Morgan fingerprint density at radius 2 is 2.08 bits per heavy atom. The maximum absolute atomic E-state index is 12.8. The highest BCUT2D eigenvalue weighted by molar-refractivity contribution is 8.01. The monoisotopic (exact) mass is 358 g/mol. The van der Waals surface area contributed by atoms with Gasteiger partial charge in [0.05, 0.1) is 0 Å². The summed E-state index contributed by atoms with van der Waals surface area (Å²) in [5.74, 6) is 0.353. The van der Waals surface area contributed by atoms with Crippen LogP contribution in [0.2, 0.25) is 0 Å². The van der Waals surface area contributed by atoms with Crippen molar-refractivity contribution in [2.45, 2.75) is 50.4 Å². The van der Waals surface area contributed by atoms with Gasteiger partial charge in [-0.15, -0.1) is 11.8 Å². The van der Waals surface area contributed by atoms with E-state index >= 15 is 0 Å². The van der Waals surface area contributed by atoms with Crippen molar-refractivity contribution in [1.82, 2.24) is 0 Å². The molecule has 1 aromatic carbocycles. The van der Waals surface area contributed by atoms with Gasteiger partial charge in [-0.1, -0.05) is 54.1 Å². The first-order valence-electron chi connectivity index (χ1n) is 8.81. The molecule has 0 aromatic heterocycles. The zero-order valence-electron chi connectivity index (χ0n) is 14.8. The minimum Gasteiger partial charge on any atom is -0.460 e. The Kier molecular flexibility index (Phi) is 7.99. The van der Waals surface area contributed by atoms with E-state index in [-0.39, 0.29) is 12.6 Å². The summed E-state index contributed by atoms with van der Waals surface area (Å²) in [4.78, 5) is 23.4. The van der Waals surface area contributed by atoms with E-state index in [1.54, 1.807) is 0 Å². The molecule has 3 nitrogen and oxygen atoms in total. The Morgan fingerprint density at radius 1 is 1.28 bits per heavy atom. The molecule has 0 amide bonds. The van der Waals surface area contributed by atoms with Crippen LogP contribution in [0.1, 0.15) is 44.6 Å². The van der Waals surface area contributed by atoms with E-state index in [4.69, 9.17) is 4.74 Å². The summed E-state index contributed by atoms with van der Waals surface area (Å²) in [6.45, 7) is 2.16. The molecule has 0 saturated carbocycles. The molecule has 0 saturated heterocycles. The first kappa shape index (κ1) is 19.5. The van der Waals surface area contributed by atoms with Crippen LogP contribution in [-0.4, -0.2) is 22.8 Å². The third-order valence-corrected chi connectivity index (χ3v) is 5.46. The normalized spacial score (nSPS) is 18.4. The molecule has 1 aliphatic carbocycles. The number of thioether (sulfide) groups is 1. The average Bonchev–Trinajstić information content (AvgIpc) is 2.89. The molecule has 0 N–H and O–H groups in total. The first-order chi connectivity index (χ1) is 12.1. The minimum atomic E-state index is -0.776. The number of esters is 1. The van der Waals surface area contributed by atoms with Gasteiger partial charge in [-0.3, -0.25) is 4.79 Å². The fraction of sp³-hybridized carbons (Fsp3) is 0.429. The molecule has 2 rings (SSSR count). The number of rotatable bonds is 8. The molecule has 0 bridgehead atoms. The number of hydrogen-bond donors (Lipinski definition) is 0. The summed E-state index contributed by atoms with van der Waals surface area (Å²) in [6.07, 6.45) is 12.0. The standard InChI is InChI=1S/C21H26O3S/c1-21(25-15-9-14-22,16-18-10-5-2-3-6-11-18)20(23)24-17-19-12-7-4-8-13-19/h4-5,7-8,10,12-14,16H,2-3,6,9,11,15,17H2,1H3/b18-16-/t21-/m0/s1. The summed E-state index contributed by atoms with van der Waals surface area (Å²) in [5, 5.41) is 0. The second kappa shape index (κ2) is 10.2. The van der Waals surface area contributed by atoms with Gasteiger partial charge in [-0.25, -0.2) is 0 Å². The molecule has 1 aromatic rings. The second-order valence-electron chi connectivity index (χ2n) is 6.34. The van der Waals surface area contributed by atoms with Gasteiger partial charge in [0, 0.05) is 12.2 Å². The van der Waals surface area contributed by atoms with Crippen LogP contribution < -0.4 is 0 Å². The molecule has 0 spiro atoms. The van der Waals surface area contributed by atoms with Crippen molar-refractivity contribution in [3.8, 4) is 0 Å². The van der Waals surface area contributed by atoms with Crippen LogP contribution in [0.15, 0.2) is 54.1 Å². The smallest absolute Gasteiger partial charge is 0.326 e. The number of benzene rings is 1. The quantitative estimate of drug-likeness (QED) is 0.378. The molecular formula is C21H26O3S. The number of hydrogen-bond acceptors (Lipinski definition) is 4. The fourth-order valence-corrected chi connectivity index (χ4v) is 3.78. The van der Waals surface area contributed by atoms with Gasteiger partial charge in [0.25, 0.3) is 0 Å². The van der Waals surface area contributed by atoms with Crippen LogP contribution in [0.25, 0.3) is 0 Å². The van der Waals surface area contributed by atoms with Gasteiger partial charge >= 0.3 is 5.97 Å². The zero-order chi connectivity index (χ0) is 18.0. The van der Waals surface area contributed by atoms with Crippen molar-refractivity contribution in [3.05, 3.63) is 59.7 Å². The highest BCUT2D eigenvalue weighted by atomic mass is 32.2. The molecule has 1 aliphatic rings. The van der Waals surface area contributed by atoms with E-state index in [2.05, 4.69) is 12.2 Å². The van der Waals surface area contributed by atoms with Crippen LogP contribution in [-0.2, 0) is 20.9 Å². The van der Waals surface area contributed by atoms with E-state index in [1.165, 1.54) is 23.8 Å². The van der Waals surface area contributed by atoms with Crippen molar-refractivity contribution in [2.75, 3.05) is 5.75 Å². The Labute approximate surface area is 154 Å². The summed E-state index contributed by atoms with van der Waals surface area (Å²) < 4.78 is 4.80. The largest absolute Gasteiger partial charge is 0.460 e. The predicted molar refractivity (Wildman–Crippen MR) is 103 cm³/mol. The van der Waals surface area contributed by atoms with E-state index in [0.717, 1.165) is 31.1 Å². The third-order valence-electron chi connectivity index (χ3n) is 4.13. The second-order valence-corrected chi connectivity index (χ2v) is 7.88. The number of aldehydes is 1. The van der Waals surface area contributed by atoms with Crippen LogP contribution in [0, 0.1) is 0 Å². The Bertz CT molecular complexity index is 621. The van der Waals surface area contributed by atoms with Crippen LogP contribution in [0.5, 0.6) is 0 Å². The molecule has 25 heavy (non-hydrogen) atoms. The maximum atomic E-state index is 12.8. The minimum absolute atomic E-state index is 0.252. The summed E-state index contributed by atoms with van der Waals surface area (Å²) in [7, 11) is 0. The van der Waals surface area contributed by atoms with Crippen molar-refractivity contribution >= 4 is 24.0 Å². The van der Waals surface area contributed by atoms with Gasteiger partial charge in [-0.2, -0.15) is 0 Å². The number of carbonyl (C=O) groups is 2. The molecule has 0 heterocycles. The lowest BCUT2D eigenvalue weighted by atomic mass is 10.0. The fourth-order valence-electron chi connectivity index (χ4n) is 2.73. The van der Waals surface area contributed by atoms with Gasteiger partial charge in [0.1, 0.15) is 17.6 Å². The SMILES string of the molecule is C[C@@](/C=C1/C=CCCCC1)(SCCC=O)C(=O)OCc1ccccc1. The van der Waals surface area contributed by atoms with E-state index < -0.39 is 4.75 Å². The van der Waals surface area contributed by atoms with Crippen molar-refractivity contribution < 1.29 is 14.3 Å². The van der Waals surface area contributed by atoms with Crippen molar-refractivity contribution in [3.63, 3.8) is 0 Å². The lowest BCUT2D eigenvalue weighted by Gasteiger charge is -2.24. The molecule has 0 radical (unpaired) electrons. The van der Waals surface area contributed by atoms with E-state index in [9.17, 15) is 9.59 Å². The van der Waals surface area contributed by atoms with Crippen LogP contribution in [0.3, 0.4) is 0 Å². The number of allylic oxidation sites excluding steroid dienone is 3. The molecular weight excluding hydrogens is 332 g/mol. The topological polar surface area (TPSA) is 43.4 Å². The van der Waals surface area contributed by atoms with E-state index in [1.807, 2.05) is 43.3 Å². The van der Waals surface area contributed by atoms with Crippen LogP contribution in [0.4, 0.5) is 0 Å². The molecule has 1 atom stereocenters. The lowest BCUT2D eigenvalue weighted by molar-refractivity contribution is -0.146. The summed E-state index contributed by atoms with van der Waals surface area (Å²) >= 11 is 1.48. The molecule has 0 aliphatic heterocycles. The van der Waals surface area contributed by atoms with Gasteiger partial charge in [0.15, 0.2) is 0 Å². The molecule has 4 heteroatoms. The van der Waals surface area contributed by atoms with E-state index in [0.29, 0.717) is 12.2 Å². The van der Waals surface area contributed by atoms with Gasteiger partial charge < -0.3 is 9.53 Å². The number of carbonyl (C=O) groups excluding carboxylic acids is 2. The Morgan fingerprint density at radius 3 is 2.84 bits per heavy atom. The Hall–Kier alpha value is -1.81.